The summed E-state index contributed by atoms with van der Waals surface area (Å²) in [5.41, 5.74) is 0.495. The predicted octanol–water partition coefficient (Wildman–Crippen LogP) is 1.61. The number of ether oxygens (including phenoxy) is 1. The Bertz CT molecular complexity index is 432. The zero-order valence-electron chi connectivity index (χ0n) is 11.2. The van der Waals surface area contributed by atoms with Crippen molar-refractivity contribution in [3.05, 3.63) is 23.9 Å². The molecule has 0 bridgehead atoms. The van der Waals surface area contributed by atoms with Gasteiger partial charge < -0.3 is 14.7 Å². The van der Waals surface area contributed by atoms with Gasteiger partial charge in [0.1, 0.15) is 11.4 Å². The van der Waals surface area contributed by atoms with Crippen molar-refractivity contribution in [1.82, 2.24) is 4.98 Å². The molecule has 1 aromatic heterocycles. The molecule has 5 nitrogen and oxygen atoms in total. The number of carbonyl (C=O) groups is 1. The largest absolute Gasteiger partial charge is 0.465 e. The molecular weight excluding hydrogens is 244 g/mol. The third kappa shape index (κ3) is 3.04. The fourth-order valence-electron chi connectivity index (χ4n) is 2.30. The molecule has 1 heterocycles. The Morgan fingerprint density at radius 3 is 2.95 bits per heavy atom. The number of nitrogens with zero attached hydrogens (tertiary/aromatic N) is 2. The smallest absolute Gasteiger partial charge is 0.341 e. The van der Waals surface area contributed by atoms with Crippen molar-refractivity contribution in [1.29, 1.82) is 0 Å². The molecule has 1 aromatic rings. The Kier molecular flexibility index (Phi) is 4.74. The van der Waals surface area contributed by atoms with Gasteiger partial charge in [-0.25, -0.2) is 9.78 Å². The molecule has 0 aliphatic heterocycles. The monoisotopic (exact) mass is 264 g/mol. The minimum atomic E-state index is -0.364. The van der Waals surface area contributed by atoms with Gasteiger partial charge >= 0.3 is 5.97 Å². The average molecular weight is 264 g/mol. The molecule has 1 aliphatic carbocycles. The Morgan fingerprint density at radius 1 is 1.58 bits per heavy atom. The molecule has 0 aromatic carbocycles. The van der Waals surface area contributed by atoms with Crippen molar-refractivity contribution in [2.24, 2.45) is 0 Å². The summed E-state index contributed by atoms with van der Waals surface area (Å²) in [7, 11) is 1.38. The number of carbonyl (C=O) groups excluding carboxylic acids is 1. The normalized spacial score (nSPS) is 14.8. The van der Waals surface area contributed by atoms with Crippen LogP contribution in [0.4, 0.5) is 5.82 Å². The highest BCUT2D eigenvalue weighted by Crippen LogP contribution is 2.30. The second kappa shape index (κ2) is 6.52. The minimum absolute atomic E-state index is 0.142. The van der Waals surface area contributed by atoms with Crippen LogP contribution in [0, 0.1) is 0 Å². The number of rotatable bonds is 6. The number of hydrogen-bond donors (Lipinski definition) is 1. The van der Waals surface area contributed by atoms with Crippen LogP contribution >= 0.6 is 0 Å². The first-order valence-corrected chi connectivity index (χ1v) is 6.68. The summed E-state index contributed by atoms with van der Waals surface area (Å²) in [6.45, 7) is 0.853. The van der Waals surface area contributed by atoms with Gasteiger partial charge in [-0.05, 0) is 37.8 Å². The van der Waals surface area contributed by atoms with Crippen LogP contribution in [0.2, 0.25) is 0 Å². The maximum absolute atomic E-state index is 11.8. The number of methoxy groups -OCH3 is 1. The summed E-state index contributed by atoms with van der Waals surface area (Å²) in [5, 5.41) is 9.02. The van der Waals surface area contributed by atoms with Gasteiger partial charge in [0.2, 0.25) is 0 Å². The Labute approximate surface area is 113 Å². The number of aromatic nitrogens is 1. The molecule has 0 unspecified atom stereocenters. The quantitative estimate of drug-likeness (QED) is 0.791. The van der Waals surface area contributed by atoms with Gasteiger partial charge in [-0.3, -0.25) is 0 Å². The lowest BCUT2D eigenvalue weighted by atomic mass is 9.91. The number of aliphatic hydroxyl groups is 1. The van der Waals surface area contributed by atoms with Crippen LogP contribution in [0.15, 0.2) is 18.3 Å². The molecule has 104 valence electrons. The highest BCUT2D eigenvalue weighted by Gasteiger charge is 2.28. The SMILES string of the molecule is COC(=O)c1cccnc1N(CCCO)C1CCC1. The molecule has 0 saturated heterocycles. The van der Waals surface area contributed by atoms with Crippen molar-refractivity contribution in [2.45, 2.75) is 31.7 Å². The maximum Gasteiger partial charge on any atom is 0.341 e. The highest BCUT2D eigenvalue weighted by molar-refractivity contribution is 5.94. The lowest BCUT2D eigenvalue weighted by Crippen LogP contribution is -2.42. The molecule has 0 atom stereocenters. The molecule has 1 fully saturated rings. The van der Waals surface area contributed by atoms with Gasteiger partial charge in [0.25, 0.3) is 0 Å². The Morgan fingerprint density at radius 2 is 2.37 bits per heavy atom. The van der Waals surface area contributed by atoms with E-state index in [0.717, 1.165) is 12.8 Å². The third-order valence-corrected chi connectivity index (χ3v) is 3.54. The maximum atomic E-state index is 11.8. The van der Waals surface area contributed by atoms with E-state index < -0.39 is 0 Å². The van der Waals surface area contributed by atoms with Crippen LogP contribution in [0.25, 0.3) is 0 Å². The second-order valence-electron chi connectivity index (χ2n) is 4.72. The van der Waals surface area contributed by atoms with E-state index in [1.54, 1.807) is 18.3 Å². The molecule has 2 rings (SSSR count). The number of esters is 1. The van der Waals surface area contributed by atoms with Crippen LogP contribution in [0.1, 0.15) is 36.0 Å². The third-order valence-electron chi connectivity index (χ3n) is 3.54. The van der Waals surface area contributed by atoms with E-state index in [0.29, 0.717) is 30.4 Å². The zero-order chi connectivity index (χ0) is 13.7. The first-order chi connectivity index (χ1) is 9.27. The molecule has 0 radical (unpaired) electrons. The van der Waals surface area contributed by atoms with Gasteiger partial charge in [0.15, 0.2) is 0 Å². The fourth-order valence-corrected chi connectivity index (χ4v) is 2.30. The summed E-state index contributed by atoms with van der Waals surface area (Å²) in [6.07, 6.45) is 5.80. The minimum Gasteiger partial charge on any atom is -0.465 e. The average Bonchev–Trinajstić information content (AvgIpc) is 2.40. The van der Waals surface area contributed by atoms with Crippen LogP contribution in [0.5, 0.6) is 0 Å². The van der Waals surface area contributed by atoms with Gasteiger partial charge in [-0.1, -0.05) is 0 Å². The van der Waals surface area contributed by atoms with Gasteiger partial charge in [0, 0.05) is 25.4 Å². The topological polar surface area (TPSA) is 62.7 Å². The molecule has 19 heavy (non-hydrogen) atoms. The zero-order valence-corrected chi connectivity index (χ0v) is 11.2. The summed E-state index contributed by atoms with van der Waals surface area (Å²) in [6, 6.07) is 3.89. The first-order valence-electron chi connectivity index (χ1n) is 6.68. The van der Waals surface area contributed by atoms with E-state index in [1.807, 2.05) is 0 Å². The first kappa shape index (κ1) is 13.8. The van der Waals surface area contributed by atoms with Crippen LogP contribution in [-0.4, -0.2) is 42.4 Å². The van der Waals surface area contributed by atoms with Crippen molar-refractivity contribution in [3.63, 3.8) is 0 Å². The lowest BCUT2D eigenvalue weighted by Gasteiger charge is -2.39. The summed E-state index contributed by atoms with van der Waals surface area (Å²) in [4.78, 5) is 18.3. The van der Waals surface area contributed by atoms with Crippen molar-refractivity contribution in [3.8, 4) is 0 Å². The van der Waals surface area contributed by atoms with E-state index in [-0.39, 0.29) is 12.6 Å². The number of pyridine rings is 1. The van der Waals surface area contributed by atoms with Crippen LogP contribution in [-0.2, 0) is 4.74 Å². The Hall–Kier alpha value is -1.62. The number of hydrogen-bond acceptors (Lipinski definition) is 5. The van der Waals surface area contributed by atoms with Crippen LogP contribution < -0.4 is 4.90 Å². The second-order valence-corrected chi connectivity index (χ2v) is 4.72. The van der Waals surface area contributed by atoms with E-state index in [4.69, 9.17) is 9.84 Å². The molecular formula is C14H20N2O3. The molecule has 0 amide bonds. The predicted molar refractivity (Wildman–Crippen MR) is 72.3 cm³/mol. The molecule has 1 N–H and O–H groups in total. The molecule has 5 heteroatoms. The van der Waals surface area contributed by atoms with Crippen molar-refractivity contribution >= 4 is 11.8 Å². The van der Waals surface area contributed by atoms with Gasteiger partial charge in [0.05, 0.1) is 7.11 Å². The van der Waals surface area contributed by atoms with E-state index >= 15 is 0 Å². The molecule has 1 saturated carbocycles. The van der Waals surface area contributed by atoms with Crippen LogP contribution in [0.3, 0.4) is 0 Å². The fraction of sp³-hybridized carbons (Fsp3) is 0.571. The number of aliphatic hydroxyl groups excluding tert-OH is 1. The highest BCUT2D eigenvalue weighted by atomic mass is 16.5. The van der Waals surface area contributed by atoms with Crippen molar-refractivity contribution in [2.75, 3.05) is 25.2 Å². The molecule has 0 spiro atoms. The van der Waals surface area contributed by atoms with E-state index in [1.165, 1.54) is 13.5 Å². The number of anilines is 1. The standard InChI is InChI=1S/C14H20N2O3/c1-19-14(18)12-7-3-8-15-13(12)16(9-4-10-17)11-5-2-6-11/h3,7-8,11,17H,2,4-6,9-10H2,1H3. The molecule has 1 aliphatic rings. The van der Waals surface area contributed by atoms with E-state index in [2.05, 4.69) is 9.88 Å². The van der Waals surface area contributed by atoms with Crippen molar-refractivity contribution < 1.29 is 14.6 Å². The van der Waals surface area contributed by atoms with E-state index in [9.17, 15) is 4.79 Å². The summed E-state index contributed by atoms with van der Waals surface area (Å²) >= 11 is 0. The Balaban J connectivity index is 2.26. The summed E-state index contributed by atoms with van der Waals surface area (Å²) in [5.74, 6) is 0.309. The van der Waals surface area contributed by atoms with Gasteiger partial charge in [-0.15, -0.1) is 0 Å². The lowest BCUT2D eigenvalue weighted by molar-refractivity contribution is 0.0600. The van der Waals surface area contributed by atoms with Gasteiger partial charge in [-0.2, -0.15) is 0 Å². The summed E-state index contributed by atoms with van der Waals surface area (Å²) < 4.78 is 4.81.